The van der Waals surface area contributed by atoms with Crippen molar-refractivity contribution in [1.29, 1.82) is 0 Å². The highest BCUT2D eigenvalue weighted by Gasteiger charge is 2.41. The molecule has 6 aromatic carbocycles. The van der Waals surface area contributed by atoms with E-state index in [-0.39, 0.29) is 11.5 Å². The number of rotatable bonds is 14. The summed E-state index contributed by atoms with van der Waals surface area (Å²) in [5, 5.41) is 13.9. The molecule has 0 aromatic heterocycles. The maximum atomic E-state index is 14.6. The lowest BCUT2D eigenvalue weighted by atomic mass is 9.84. The third-order valence-corrected chi connectivity index (χ3v) is 15.8. The smallest absolute Gasteiger partial charge is 0.248 e. The molecular formula is C59H64N6O7S2. The predicted molar refractivity (Wildman–Crippen MR) is 293 cm³/mol. The van der Waals surface area contributed by atoms with Gasteiger partial charge in [0.1, 0.15) is 18.1 Å². The minimum atomic E-state index is -1.29. The van der Waals surface area contributed by atoms with Crippen LogP contribution in [0.4, 0.5) is 0 Å². The van der Waals surface area contributed by atoms with Gasteiger partial charge in [-0.05, 0) is 61.1 Å². The Bertz CT molecular complexity index is 2630. The predicted octanol–water partition coefficient (Wildman–Crippen LogP) is 6.80. The van der Waals surface area contributed by atoms with Gasteiger partial charge in [-0.2, -0.15) is 0 Å². The number of ether oxygens (including phenoxy) is 1. The van der Waals surface area contributed by atoms with Gasteiger partial charge in [0, 0.05) is 18.6 Å². The van der Waals surface area contributed by atoms with E-state index in [4.69, 9.17) is 4.74 Å². The van der Waals surface area contributed by atoms with Gasteiger partial charge in [0.15, 0.2) is 0 Å². The number of carbonyl (C=O) groups is 6. The van der Waals surface area contributed by atoms with Crippen molar-refractivity contribution in [3.63, 3.8) is 0 Å². The Morgan fingerprint density at radius 1 is 0.486 bits per heavy atom. The number of hydrogen-bond acceptors (Lipinski definition) is 9. The van der Waals surface area contributed by atoms with Crippen LogP contribution in [-0.4, -0.2) is 108 Å². The van der Waals surface area contributed by atoms with Crippen molar-refractivity contribution in [1.82, 2.24) is 31.5 Å². The molecule has 74 heavy (non-hydrogen) atoms. The molecule has 1 fully saturated rings. The average molecular weight is 1030 g/mol. The van der Waals surface area contributed by atoms with Gasteiger partial charge in [-0.15, -0.1) is 23.5 Å². The van der Waals surface area contributed by atoms with Gasteiger partial charge in [-0.1, -0.05) is 182 Å². The fourth-order valence-electron chi connectivity index (χ4n) is 9.15. The Kier molecular flexibility index (Phi) is 18.6. The molecule has 13 nitrogen and oxygen atoms in total. The Morgan fingerprint density at radius 3 is 1.09 bits per heavy atom. The summed E-state index contributed by atoms with van der Waals surface area (Å²) in [6.07, 6.45) is -0.888. The van der Waals surface area contributed by atoms with E-state index in [1.54, 1.807) is 6.92 Å². The Hall–Kier alpha value is -7.20. The number of carbonyl (C=O) groups excluding carboxylic acids is 6. The number of thioether (sulfide) groups is 2. The summed E-state index contributed by atoms with van der Waals surface area (Å²) < 4.78 is 4.41. The quantitative estimate of drug-likeness (QED) is 0.0736. The summed E-state index contributed by atoms with van der Waals surface area (Å²) in [7, 11) is 1.42. The van der Waals surface area contributed by atoms with E-state index >= 15 is 0 Å². The van der Waals surface area contributed by atoms with Crippen LogP contribution in [0.25, 0.3) is 0 Å². The molecule has 0 bridgehead atoms. The van der Waals surface area contributed by atoms with Crippen LogP contribution in [0.15, 0.2) is 182 Å². The Labute approximate surface area is 442 Å². The number of benzene rings is 6. The Balaban J connectivity index is 1.25. The first kappa shape index (κ1) is 54.6. The number of likely N-dealkylation sites (N-methyl/N-ethyl adjacent to an activating group) is 1. The van der Waals surface area contributed by atoms with Gasteiger partial charge < -0.3 is 36.2 Å². The first-order chi connectivity index (χ1) is 35.6. The zero-order valence-electron chi connectivity index (χ0n) is 42.3. The molecule has 15 heteroatoms. The molecular weight excluding hydrogens is 969 g/mol. The normalized spacial score (nSPS) is 18.4. The van der Waals surface area contributed by atoms with Crippen LogP contribution in [0, 0.1) is 0 Å². The lowest BCUT2D eigenvalue weighted by molar-refractivity contribution is -0.146. The maximum absolute atomic E-state index is 14.6. The molecule has 4 atom stereocenters. The van der Waals surface area contributed by atoms with E-state index in [9.17, 15) is 28.8 Å². The van der Waals surface area contributed by atoms with Crippen LogP contribution >= 0.6 is 23.5 Å². The topological polar surface area (TPSA) is 175 Å². The van der Waals surface area contributed by atoms with E-state index < -0.39 is 94.4 Å². The first-order valence-electron chi connectivity index (χ1n) is 24.6. The zero-order valence-corrected chi connectivity index (χ0v) is 43.9. The molecule has 7 rings (SSSR count). The Morgan fingerprint density at radius 2 is 0.784 bits per heavy atom. The van der Waals surface area contributed by atoms with E-state index in [1.165, 1.54) is 30.6 Å². The molecule has 1 aliphatic heterocycles. The van der Waals surface area contributed by atoms with Crippen molar-refractivity contribution in [3.05, 3.63) is 215 Å². The lowest BCUT2D eigenvalue weighted by Crippen LogP contribution is -2.59. The third kappa shape index (κ3) is 13.5. The van der Waals surface area contributed by atoms with Crippen LogP contribution in [0.3, 0.4) is 0 Å². The maximum Gasteiger partial charge on any atom is 0.248 e. The van der Waals surface area contributed by atoms with Crippen LogP contribution in [0.5, 0.6) is 0 Å². The van der Waals surface area contributed by atoms with E-state index in [1.807, 2.05) is 203 Å². The van der Waals surface area contributed by atoms with Gasteiger partial charge in [0.05, 0.1) is 40.8 Å². The second-order valence-corrected chi connectivity index (χ2v) is 21.5. The molecule has 1 heterocycles. The fraction of sp³-hybridized carbons (Fsp3) is 0.288. The molecule has 0 unspecified atom stereocenters. The molecule has 1 saturated heterocycles. The zero-order chi connectivity index (χ0) is 52.7. The standard InChI is InChI=1S/C59H64N6O7S2/c1-41(72-57(2,3)4)53-56(71)65(5)38-52(68)63-49(40-74-59(45-30-18-9-19-31-45,46-32-20-10-21-33-46)47-34-22-11-23-35-47)55(70)60-36-50(66)62-48(54(69)61-37-51(67)64-53)39-73-58(42-24-12-6-13-25-42,43-26-14-7-15-27-43)44-28-16-8-17-29-44/h6-35,41,48-49,53H,36-40H2,1-5H3,(H,60,70)(H,61,69)(H,62,66)(H,63,68)(H,64,67)/t41-,48+,49+,53+/m1/s1. The van der Waals surface area contributed by atoms with E-state index in [0.717, 1.165) is 38.3 Å². The van der Waals surface area contributed by atoms with Gasteiger partial charge in [-0.3, -0.25) is 28.8 Å². The van der Waals surface area contributed by atoms with Crippen molar-refractivity contribution >= 4 is 59.0 Å². The highest BCUT2D eigenvalue weighted by Crippen LogP contribution is 2.50. The number of nitrogens with zero attached hydrogens (tertiary/aromatic N) is 1. The molecule has 6 amide bonds. The van der Waals surface area contributed by atoms with Crippen LogP contribution in [-0.2, 0) is 43.0 Å². The van der Waals surface area contributed by atoms with Crippen molar-refractivity contribution in [2.45, 2.75) is 67.0 Å². The molecule has 6 aromatic rings. The summed E-state index contributed by atoms with van der Waals surface area (Å²) in [6.45, 7) is 5.48. The highest BCUT2D eigenvalue weighted by molar-refractivity contribution is 8.01. The number of hydrogen-bond donors (Lipinski definition) is 5. The van der Waals surface area contributed by atoms with Gasteiger partial charge in [0.25, 0.3) is 0 Å². The van der Waals surface area contributed by atoms with Gasteiger partial charge in [0.2, 0.25) is 35.4 Å². The summed E-state index contributed by atoms with van der Waals surface area (Å²) in [5.74, 6) is -4.00. The minimum absolute atomic E-state index is 0.00401. The molecule has 0 radical (unpaired) electrons. The molecule has 384 valence electrons. The number of nitrogens with one attached hydrogen (secondary N) is 5. The van der Waals surface area contributed by atoms with Crippen molar-refractivity contribution in [2.75, 3.05) is 38.2 Å². The van der Waals surface area contributed by atoms with Crippen molar-refractivity contribution < 1.29 is 33.5 Å². The van der Waals surface area contributed by atoms with Crippen molar-refractivity contribution in [3.8, 4) is 0 Å². The second-order valence-electron chi connectivity index (χ2n) is 19.0. The summed E-state index contributed by atoms with van der Waals surface area (Å²) >= 11 is 2.87. The van der Waals surface area contributed by atoms with Crippen LogP contribution in [0.2, 0.25) is 0 Å². The lowest BCUT2D eigenvalue weighted by Gasteiger charge is -2.37. The molecule has 0 spiro atoms. The molecule has 0 aliphatic carbocycles. The number of amides is 6. The average Bonchev–Trinajstić information content (AvgIpc) is 3.42. The highest BCUT2D eigenvalue weighted by atomic mass is 32.2. The van der Waals surface area contributed by atoms with E-state index in [0.29, 0.717) is 0 Å². The largest absolute Gasteiger partial charge is 0.370 e. The SMILES string of the molecule is C[C@@H](OC(C)(C)C)[C@@H]1NC(=O)CNC(=O)[C@H](CSC(c2ccccc2)(c2ccccc2)c2ccccc2)NC(=O)CNC(=O)[C@H](CSC(c2ccccc2)(c2ccccc2)c2ccccc2)NC(=O)CN(C)C1=O. The minimum Gasteiger partial charge on any atom is -0.370 e. The molecule has 5 N–H and O–H groups in total. The third-order valence-electron chi connectivity index (χ3n) is 12.5. The molecule has 1 aliphatic rings. The summed E-state index contributed by atoms with van der Waals surface area (Å²) in [6, 6.07) is 55.5. The van der Waals surface area contributed by atoms with Crippen molar-refractivity contribution in [2.24, 2.45) is 0 Å². The van der Waals surface area contributed by atoms with Crippen LogP contribution < -0.4 is 26.6 Å². The summed E-state index contributed by atoms with van der Waals surface area (Å²) in [4.78, 5) is 86.7. The molecule has 0 saturated carbocycles. The van der Waals surface area contributed by atoms with Gasteiger partial charge in [-0.25, -0.2) is 0 Å². The van der Waals surface area contributed by atoms with E-state index in [2.05, 4.69) is 26.6 Å². The van der Waals surface area contributed by atoms with Crippen LogP contribution in [0.1, 0.15) is 61.1 Å². The summed E-state index contributed by atoms with van der Waals surface area (Å²) in [5.41, 5.74) is 4.83. The second kappa shape index (κ2) is 25.2. The fourth-order valence-corrected chi connectivity index (χ4v) is 12.3. The monoisotopic (exact) mass is 1030 g/mol. The first-order valence-corrected chi connectivity index (χ1v) is 26.5. The van der Waals surface area contributed by atoms with Gasteiger partial charge >= 0.3 is 0 Å².